The number of carbonyl (C=O) groups is 1. The van der Waals surface area contributed by atoms with Gasteiger partial charge in [-0.05, 0) is 69.5 Å². The van der Waals surface area contributed by atoms with E-state index in [4.69, 9.17) is 5.73 Å². The zero-order valence-corrected chi connectivity index (χ0v) is 19.7. The number of hydrogen-bond donors (Lipinski definition) is 2. The highest BCUT2D eigenvalue weighted by atomic mass is 19.4. The van der Waals surface area contributed by atoms with Crippen LogP contribution in [0.1, 0.15) is 55.3 Å². The molecule has 0 saturated carbocycles. The lowest BCUT2D eigenvalue weighted by Crippen LogP contribution is -2.44. The van der Waals surface area contributed by atoms with E-state index in [-0.39, 0.29) is 24.0 Å². The third-order valence-electron chi connectivity index (χ3n) is 7.04. The van der Waals surface area contributed by atoms with Gasteiger partial charge in [0.1, 0.15) is 17.3 Å². The van der Waals surface area contributed by atoms with Crippen LogP contribution in [-0.2, 0) is 17.5 Å². The first-order valence-electron chi connectivity index (χ1n) is 12.0. The number of halogens is 4. The molecule has 2 fully saturated rings. The van der Waals surface area contributed by atoms with Crippen molar-refractivity contribution in [3.63, 3.8) is 0 Å². The van der Waals surface area contributed by atoms with Crippen molar-refractivity contribution < 1.29 is 22.4 Å². The summed E-state index contributed by atoms with van der Waals surface area (Å²) in [4.78, 5) is 21.1. The number of alkyl halides is 3. The molecule has 3 heterocycles. The van der Waals surface area contributed by atoms with Crippen LogP contribution in [0, 0.1) is 5.82 Å². The van der Waals surface area contributed by atoms with E-state index in [1.54, 1.807) is 13.0 Å². The van der Waals surface area contributed by atoms with Crippen LogP contribution in [0.5, 0.6) is 0 Å². The van der Waals surface area contributed by atoms with Crippen molar-refractivity contribution in [2.75, 3.05) is 36.8 Å². The van der Waals surface area contributed by atoms with Crippen LogP contribution in [0.3, 0.4) is 0 Å². The maximum atomic E-state index is 13.8. The molecule has 1 unspecified atom stereocenters. The molecular formula is C25H31F4N5O. The highest BCUT2D eigenvalue weighted by Gasteiger charge is 2.34. The van der Waals surface area contributed by atoms with Gasteiger partial charge in [0.2, 0.25) is 5.91 Å². The molecule has 2 aliphatic rings. The fourth-order valence-electron chi connectivity index (χ4n) is 4.90. The maximum absolute atomic E-state index is 13.8. The predicted octanol–water partition coefficient (Wildman–Crippen LogP) is 4.31. The zero-order chi connectivity index (χ0) is 25.2. The third-order valence-corrected chi connectivity index (χ3v) is 7.04. The number of anilines is 2. The van der Waals surface area contributed by atoms with Crippen LogP contribution in [0.4, 0.5) is 29.1 Å². The number of pyridine rings is 1. The second kappa shape index (κ2) is 10.4. The van der Waals surface area contributed by atoms with Crippen molar-refractivity contribution in [3.8, 4) is 0 Å². The molecule has 0 radical (unpaired) electrons. The molecule has 2 saturated heterocycles. The fraction of sp³-hybridized carbons (Fsp3) is 0.520. The van der Waals surface area contributed by atoms with Gasteiger partial charge in [0.05, 0.1) is 11.6 Å². The number of nitrogens with one attached hydrogen (secondary N) is 1. The number of benzene rings is 1. The molecule has 10 heteroatoms. The standard InChI is InChI=1S/C25H31F4N5O/c1-16(17-4-6-21(30)20(26)14-17)24(35)31-15-18-5-7-22(25(27,28)29)32-23(18)34-12-8-19(9-13-34)33-10-2-3-11-33/h4-7,14,16,19H,2-3,8-13,15,30H2,1H3,(H,31,35). The van der Waals surface area contributed by atoms with E-state index in [2.05, 4.69) is 15.2 Å². The van der Waals surface area contributed by atoms with Gasteiger partial charge in [-0.25, -0.2) is 9.37 Å². The van der Waals surface area contributed by atoms with E-state index in [0.717, 1.165) is 32.0 Å². The molecule has 1 atom stereocenters. The summed E-state index contributed by atoms with van der Waals surface area (Å²) in [5.74, 6) is -1.38. The first-order chi connectivity index (χ1) is 16.6. The number of aromatic nitrogens is 1. The smallest absolute Gasteiger partial charge is 0.396 e. The second-order valence-electron chi connectivity index (χ2n) is 9.36. The van der Waals surface area contributed by atoms with Gasteiger partial charge in [0, 0.05) is 31.2 Å². The van der Waals surface area contributed by atoms with Crippen LogP contribution in [-0.4, -0.2) is 48.0 Å². The van der Waals surface area contributed by atoms with Crippen molar-refractivity contribution in [3.05, 3.63) is 53.0 Å². The topological polar surface area (TPSA) is 74.5 Å². The number of nitrogens with two attached hydrogens (primary N) is 1. The Hall–Kier alpha value is -2.88. The highest BCUT2D eigenvalue weighted by Crippen LogP contribution is 2.32. The third kappa shape index (κ3) is 5.86. The minimum atomic E-state index is -4.56. The van der Waals surface area contributed by atoms with E-state index in [1.165, 1.54) is 31.0 Å². The molecule has 2 aromatic rings. The predicted molar refractivity (Wildman–Crippen MR) is 126 cm³/mol. The van der Waals surface area contributed by atoms with E-state index < -0.39 is 23.6 Å². The Morgan fingerprint density at radius 1 is 1.14 bits per heavy atom. The van der Waals surface area contributed by atoms with E-state index in [0.29, 0.717) is 30.3 Å². The van der Waals surface area contributed by atoms with Gasteiger partial charge in [0.25, 0.3) is 0 Å². The summed E-state index contributed by atoms with van der Waals surface area (Å²) in [5, 5.41) is 2.77. The van der Waals surface area contributed by atoms with Gasteiger partial charge in [-0.2, -0.15) is 13.2 Å². The summed E-state index contributed by atoms with van der Waals surface area (Å²) in [6.45, 7) is 5.04. The van der Waals surface area contributed by atoms with Gasteiger partial charge in [-0.3, -0.25) is 4.79 Å². The molecule has 1 aromatic heterocycles. The van der Waals surface area contributed by atoms with Gasteiger partial charge in [-0.1, -0.05) is 12.1 Å². The lowest BCUT2D eigenvalue weighted by Gasteiger charge is -2.38. The summed E-state index contributed by atoms with van der Waals surface area (Å²) in [6.07, 6.45) is -0.438. The van der Waals surface area contributed by atoms with Gasteiger partial charge in [-0.15, -0.1) is 0 Å². The molecule has 1 amide bonds. The molecule has 6 nitrogen and oxygen atoms in total. The normalized spacial score (nSPS) is 18.6. The first kappa shape index (κ1) is 25.2. The quantitative estimate of drug-likeness (QED) is 0.464. The molecule has 190 valence electrons. The summed E-state index contributed by atoms with van der Waals surface area (Å²) in [5.41, 5.74) is 5.53. The zero-order valence-electron chi connectivity index (χ0n) is 19.7. The summed E-state index contributed by atoms with van der Waals surface area (Å²) in [7, 11) is 0. The Morgan fingerprint density at radius 2 is 1.83 bits per heavy atom. The van der Waals surface area contributed by atoms with Gasteiger partial charge in [0.15, 0.2) is 0 Å². The minimum absolute atomic E-state index is 0.00432. The van der Waals surface area contributed by atoms with E-state index >= 15 is 0 Å². The van der Waals surface area contributed by atoms with Crippen LogP contribution in [0.2, 0.25) is 0 Å². The van der Waals surface area contributed by atoms with Crippen LogP contribution < -0.4 is 16.0 Å². The Labute approximate surface area is 202 Å². The van der Waals surface area contributed by atoms with E-state index in [1.807, 2.05) is 4.90 Å². The van der Waals surface area contributed by atoms with Crippen molar-refractivity contribution in [2.45, 2.75) is 57.3 Å². The fourth-order valence-corrected chi connectivity index (χ4v) is 4.90. The summed E-state index contributed by atoms with van der Waals surface area (Å²) in [6, 6.07) is 6.97. The number of likely N-dealkylation sites (tertiary alicyclic amines) is 1. The molecule has 1 aromatic carbocycles. The van der Waals surface area contributed by atoms with Crippen LogP contribution in [0.25, 0.3) is 0 Å². The molecule has 0 aliphatic carbocycles. The van der Waals surface area contributed by atoms with Crippen LogP contribution >= 0.6 is 0 Å². The lowest BCUT2D eigenvalue weighted by molar-refractivity contribution is -0.141. The van der Waals surface area contributed by atoms with Crippen molar-refractivity contribution in [1.82, 2.24) is 15.2 Å². The first-order valence-corrected chi connectivity index (χ1v) is 12.0. The summed E-state index contributed by atoms with van der Waals surface area (Å²) < 4.78 is 54.0. The second-order valence-corrected chi connectivity index (χ2v) is 9.36. The van der Waals surface area contributed by atoms with Crippen molar-refractivity contribution in [1.29, 1.82) is 0 Å². The average Bonchev–Trinajstić information content (AvgIpc) is 3.38. The number of carbonyl (C=O) groups excluding carboxylic acids is 1. The number of nitrogens with zero attached hydrogens (tertiary/aromatic N) is 3. The molecule has 4 rings (SSSR count). The van der Waals surface area contributed by atoms with Crippen LogP contribution in [0.15, 0.2) is 30.3 Å². The van der Waals surface area contributed by atoms with Crippen molar-refractivity contribution >= 4 is 17.4 Å². The number of hydrogen-bond acceptors (Lipinski definition) is 5. The number of piperidine rings is 1. The molecule has 0 bridgehead atoms. The SMILES string of the molecule is CC(C(=O)NCc1ccc(C(F)(F)F)nc1N1CCC(N2CCCC2)CC1)c1ccc(N)c(F)c1. The maximum Gasteiger partial charge on any atom is 0.433 e. The monoisotopic (exact) mass is 493 g/mol. The van der Waals surface area contributed by atoms with Crippen molar-refractivity contribution in [2.24, 2.45) is 0 Å². The highest BCUT2D eigenvalue weighted by molar-refractivity contribution is 5.83. The molecule has 3 N–H and O–H groups in total. The Balaban J connectivity index is 1.47. The van der Waals surface area contributed by atoms with E-state index in [9.17, 15) is 22.4 Å². The molecule has 35 heavy (non-hydrogen) atoms. The lowest BCUT2D eigenvalue weighted by atomic mass is 9.99. The molecule has 0 spiro atoms. The van der Waals surface area contributed by atoms with Gasteiger partial charge < -0.3 is 20.9 Å². The van der Waals surface area contributed by atoms with Gasteiger partial charge >= 0.3 is 6.18 Å². The minimum Gasteiger partial charge on any atom is -0.396 e. The Bertz CT molecular complexity index is 1050. The average molecular weight is 494 g/mol. The summed E-state index contributed by atoms with van der Waals surface area (Å²) >= 11 is 0. The number of rotatable bonds is 6. The molecule has 2 aliphatic heterocycles. The molecular weight excluding hydrogens is 462 g/mol. The number of amides is 1. The largest absolute Gasteiger partial charge is 0.433 e. The Morgan fingerprint density at radius 3 is 2.46 bits per heavy atom. The Kier molecular flexibility index (Phi) is 7.49. The number of nitrogen functional groups attached to an aromatic ring is 1.